The molecule has 3 N–H and O–H groups in total. The maximum absolute atomic E-state index is 12.6. The molecule has 0 bridgehead atoms. The third-order valence-electron chi connectivity index (χ3n) is 4.49. The molecule has 2 fully saturated rings. The molecule has 2 atom stereocenters. The van der Waals surface area contributed by atoms with Gasteiger partial charge < -0.3 is 25.4 Å². The van der Waals surface area contributed by atoms with E-state index in [2.05, 4.69) is 10.6 Å². The quantitative estimate of drug-likeness (QED) is 0.742. The zero-order chi connectivity index (χ0) is 17.8. The topological polar surface area (TPSA) is 108 Å². The van der Waals surface area contributed by atoms with Gasteiger partial charge in [0.15, 0.2) is 0 Å². The molecule has 2 aliphatic rings. The van der Waals surface area contributed by atoms with Crippen molar-refractivity contribution in [3.63, 3.8) is 0 Å². The molecule has 2 aliphatic heterocycles. The fourth-order valence-electron chi connectivity index (χ4n) is 3.10. The Morgan fingerprint density at radius 2 is 2.04 bits per heavy atom. The number of hydrogen-bond acceptors (Lipinski definition) is 5. The normalized spacial score (nSPS) is 23.4. The number of aromatic hydroxyl groups is 1. The molecule has 134 valence electrons. The Labute approximate surface area is 145 Å². The van der Waals surface area contributed by atoms with E-state index in [1.54, 1.807) is 23.1 Å². The average Bonchev–Trinajstić information content (AvgIpc) is 2.90. The van der Waals surface area contributed by atoms with Gasteiger partial charge in [-0.15, -0.1) is 0 Å². The highest BCUT2D eigenvalue weighted by atomic mass is 16.6. The van der Waals surface area contributed by atoms with Crippen LogP contribution in [0.3, 0.4) is 0 Å². The SMILES string of the molecule is O=C1N[C@H](C(=O)NC2CCCN(C(=O)c3ccccc3O)CC2)CO1. The molecule has 0 spiro atoms. The number of hydrogen-bond donors (Lipinski definition) is 3. The number of ether oxygens (including phenoxy) is 1. The Morgan fingerprint density at radius 3 is 2.76 bits per heavy atom. The predicted molar refractivity (Wildman–Crippen MR) is 88.1 cm³/mol. The van der Waals surface area contributed by atoms with Crippen molar-refractivity contribution in [3.8, 4) is 5.75 Å². The first-order valence-electron chi connectivity index (χ1n) is 8.35. The number of alkyl carbamates (subject to hydrolysis) is 1. The second-order valence-electron chi connectivity index (χ2n) is 6.24. The first kappa shape index (κ1) is 17.1. The molecule has 0 aliphatic carbocycles. The Balaban J connectivity index is 1.55. The van der Waals surface area contributed by atoms with Crippen LogP contribution in [0, 0.1) is 0 Å². The highest BCUT2D eigenvalue weighted by molar-refractivity contribution is 5.96. The van der Waals surface area contributed by atoms with E-state index in [-0.39, 0.29) is 35.8 Å². The standard InChI is InChI=1S/C17H21N3O5/c21-14-6-2-1-5-12(14)16(23)20-8-3-4-11(7-9-20)18-15(22)13-10-25-17(24)19-13/h1-2,5-6,11,13,21H,3-4,7-10H2,(H,18,22)(H,19,24)/t11?,13-/m0/s1. The van der Waals surface area contributed by atoms with Crippen LogP contribution in [0.25, 0.3) is 0 Å². The van der Waals surface area contributed by atoms with Crippen LogP contribution >= 0.6 is 0 Å². The van der Waals surface area contributed by atoms with E-state index in [4.69, 9.17) is 4.74 Å². The third-order valence-corrected chi connectivity index (χ3v) is 4.49. The van der Waals surface area contributed by atoms with Crippen molar-refractivity contribution in [3.05, 3.63) is 29.8 Å². The van der Waals surface area contributed by atoms with Crippen LogP contribution in [0.15, 0.2) is 24.3 Å². The fraction of sp³-hybridized carbons (Fsp3) is 0.471. The van der Waals surface area contributed by atoms with Gasteiger partial charge >= 0.3 is 6.09 Å². The van der Waals surface area contributed by atoms with Crippen LogP contribution in [-0.4, -0.2) is 59.7 Å². The number of amides is 3. The van der Waals surface area contributed by atoms with E-state index < -0.39 is 12.1 Å². The summed E-state index contributed by atoms with van der Waals surface area (Å²) in [7, 11) is 0. The molecule has 3 amide bonds. The van der Waals surface area contributed by atoms with Crippen molar-refractivity contribution in [2.24, 2.45) is 0 Å². The molecule has 1 unspecified atom stereocenters. The molecular weight excluding hydrogens is 326 g/mol. The first-order chi connectivity index (χ1) is 12.0. The van der Waals surface area contributed by atoms with E-state index in [1.165, 1.54) is 6.07 Å². The van der Waals surface area contributed by atoms with Crippen molar-refractivity contribution >= 4 is 17.9 Å². The number of carbonyl (C=O) groups excluding carboxylic acids is 3. The molecule has 8 nitrogen and oxygen atoms in total. The second-order valence-corrected chi connectivity index (χ2v) is 6.24. The summed E-state index contributed by atoms with van der Waals surface area (Å²) in [6, 6.07) is 5.76. The predicted octanol–water partition coefficient (Wildman–Crippen LogP) is 0.611. The number of rotatable bonds is 3. The molecule has 25 heavy (non-hydrogen) atoms. The lowest BCUT2D eigenvalue weighted by Crippen LogP contribution is -2.47. The van der Waals surface area contributed by atoms with Crippen LogP contribution in [0.5, 0.6) is 5.75 Å². The number of para-hydroxylation sites is 1. The molecular formula is C17H21N3O5. The van der Waals surface area contributed by atoms with E-state index in [0.29, 0.717) is 19.5 Å². The number of likely N-dealkylation sites (tertiary alicyclic amines) is 1. The number of phenolic OH excluding ortho intramolecular Hbond substituents is 1. The molecule has 0 aromatic heterocycles. The molecule has 3 rings (SSSR count). The van der Waals surface area contributed by atoms with Gasteiger partial charge in [-0.05, 0) is 31.4 Å². The number of benzene rings is 1. The highest BCUT2D eigenvalue weighted by Gasteiger charge is 2.31. The average molecular weight is 347 g/mol. The van der Waals surface area contributed by atoms with Gasteiger partial charge in [-0.2, -0.15) is 0 Å². The van der Waals surface area contributed by atoms with Gasteiger partial charge in [0.2, 0.25) is 5.91 Å². The summed E-state index contributed by atoms with van der Waals surface area (Å²) in [6.07, 6.45) is 1.53. The number of phenols is 1. The lowest BCUT2D eigenvalue weighted by Gasteiger charge is -2.21. The number of carbonyl (C=O) groups is 3. The lowest BCUT2D eigenvalue weighted by atomic mass is 10.1. The molecule has 1 aromatic rings. The number of nitrogens with zero attached hydrogens (tertiary/aromatic N) is 1. The molecule has 0 radical (unpaired) electrons. The maximum atomic E-state index is 12.6. The van der Waals surface area contributed by atoms with Crippen LogP contribution in [0.2, 0.25) is 0 Å². The molecule has 2 heterocycles. The lowest BCUT2D eigenvalue weighted by molar-refractivity contribution is -0.123. The summed E-state index contributed by atoms with van der Waals surface area (Å²) in [6.45, 7) is 1.10. The molecule has 2 saturated heterocycles. The Hall–Kier alpha value is -2.77. The largest absolute Gasteiger partial charge is 0.507 e. The maximum Gasteiger partial charge on any atom is 0.407 e. The van der Waals surface area contributed by atoms with Crippen LogP contribution in [0.1, 0.15) is 29.6 Å². The summed E-state index contributed by atoms with van der Waals surface area (Å²) in [5.41, 5.74) is 0.288. The van der Waals surface area contributed by atoms with Gasteiger partial charge in [0, 0.05) is 19.1 Å². The molecule has 8 heteroatoms. The Morgan fingerprint density at radius 1 is 1.24 bits per heavy atom. The summed E-state index contributed by atoms with van der Waals surface area (Å²) >= 11 is 0. The molecule has 0 saturated carbocycles. The minimum absolute atomic E-state index is 0.0291. The van der Waals surface area contributed by atoms with Crippen LogP contribution < -0.4 is 10.6 Å². The Kier molecular flexibility index (Phi) is 5.06. The van der Waals surface area contributed by atoms with Crippen molar-refractivity contribution in [1.82, 2.24) is 15.5 Å². The smallest absolute Gasteiger partial charge is 0.407 e. The van der Waals surface area contributed by atoms with E-state index in [0.717, 1.165) is 12.8 Å². The summed E-state index contributed by atoms with van der Waals surface area (Å²) in [5.74, 6) is -0.503. The van der Waals surface area contributed by atoms with Crippen molar-refractivity contribution in [2.45, 2.75) is 31.3 Å². The number of cyclic esters (lactones) is 1. The van der Waals surface area contributed by atoms with E-state index in [1.807, 2.05) is 0 Å². The van der Waals surface area contributed by atoms with Gasteiger partial charge in [-0.3, -0.25) is 9.59 Å². The summed E-state index contributed by atoms with van der Waals surface area (Å²) in [5, 5.41) is 15.2. The van der Waals surface area contributed by atoms with Crippen molar-refractivity contribution < 1.29 is 24.2 Å². The second kappa shape index (κ2) is 7.42. The van der Waals surface area contributed by atoms with Gasteiger partial charge in [0.1, 0.15) is 18.4 Å². The monoisotopic (exact) mass is 347 g/mol. The minimum atomic E-state index is -0.658. The van der Waals surface area contributed by atoms with Crippen molar-refractivity contribution in [2.75, 3.05) is 19.7 Å². The van der Waals surface area contributed by atoms with Crippen molar-refractivity contribution in [1.29, 1.82) is 0 Å². The van der Waals surface area contributed by atoms with E-state index in [9.17, 15) is 19.5 Å². The number of nitrogens with one attached hydrogen (secondary N) is 2. The van der Waals surface area contributed by atoms with Crippen LogP contribution in [0.4, 0.5) is 4.79 Å². The zero-order valence-electron chi connectivity index (χ0n) is 13.7. The fourth-order valence-corrected chi connectivity index (χ4v) is 3.10. The van der Waals surface area contributed by atoms with E-state index >= 15 is 0 Å². The summed E-state index contributed by atoms with van der Waals surface area (Å²) < 4.78 is 4.72. The molecule has 1 aromatic carbocycles. The Bertz CT molecular complexity index is 678. The highest BCUT2D eigenvalue weighted by Crippen LogP contribution is 2.20. The van der Waals surface area contributed by atoms with Gasteiger partial charge in [-0.1, -0.05) is 12.1 Å². The van der Waals surface area contributed by atoms with Gasteiger partial charge in [-0.25, -0.2) is 4.79 Å². The summed E-state index contributed by atoms with van der Waals surface area (Å²) in [4.78, 5) is 37.4. The van der Waals surface area contributed by atoms with Gasteiger partial charge in [0.05, 0.1) is 5.56 Å². The third kappa shape index (κ3) is 4.01. The van der Waals surface area contributed by atoms with Crippen LogP contribution in [-0.2, 0) is 9.53 Å². The first-order valence-corrected chi connectivity index (χ1v) is 8.35. The minimum Gasteiger partial charge on any atom is -0.507 e. The van der Waals surface area contributed by atoms with Gasteiger partial charge in [0.25, 0.3) is 5.91 Å². The zero-order valence-corrected chi connectivity index (χ0v) is 13.7.